The highest BCUT2D eigenvalue weighted by Crippen LogP contribution is 2.42. The number of aryl methyl sites for hydroxylation is 1. The van der Waals surface area contributed by atoms with Crippen molar-refractivity contribution in [3.63, 3.8) is 0 Å². The molecule has 0 spiro atoms. The second-order valence-corrected chi connectivity index (χ2v) is 12.9. The van der Waals surface area contributed by atoms with Crippen LogP contribution in [0.4, 0.5) is 0 Å². The van der Waals surface area contributed by atoms with Gasteiger partial charge in [-0.25, -0.2) is 4.98 Å². The van der Waals surface area contributed by atoms with Gasteiger partial charge in [0.1, 0.15) is 0 Å². The molecule has 1 fully saturated rings. The van der Waals surface area contributed by atoms with Gasteiger partial charge < -0.3 is 30.0 Å². The minimum atomic E-state index is 0.105. The summed E-state index contributed by atoms with van der Waals surface area (Å²) in [6.07, 6.45) is 5.48. The third-order valence-electron chi connectivity index (χ3n) is 8.87. The van der Waals surface area contributed by atoms with E-state index in [9.17, 15) is 4.79 Å². The van der Waals surface area contributed by atoms with Gasteiger partial charge in [0.15, 0.2) is 0 Å². The second-order valence-electron chi connectivity index (χ2n) is 12.2. The van der Waals surface area contributed by atoms with Gasteiger partial charge in [-0.05, 0) is 37.1 Å². The SMILES string of the molecule is COc1nc(-c2cccc(-c3ccnc(-c4ccc5c(CNCC(C)OC)cn(C)c5c4)c3Cl)c2Cl)ccc1CNCC1CCC(=O)N1. The van der Waals surface area contributed by atoms with Crippen LogP contribution in [-0.4, -0.2) is 59.9 Å². The van der Waals surface area contributed by atoms with Crippen LogP contribution in [0.15, 0.2) is 67.0 Å². The van der Waals surface area contributed by atoms with Crippen LogP contribution in [0.1, 0.15) is 30.9 Å². The molecule has 3 aromatic heterocycles. The summed E-state index contributed by atoms with van der Waals surface area (Å²) < 4.78 is 13.1. The number of nitrogens with one attached hydrogen (secondary N) is 3. The molecule has 5 aromatic rings. The zero-order valence-corrected chi connectivity index (χ0v) is 29.1. The van der Waals surface area contributed by atoms with Gasteiger partial charge in [-0.2, -0.15) is 0 Å². The Bertz CT molecular complexity index is 1940. The third kappa shape index (κ3) is 7.21. The smallest absolute Gasteiger partial charge is 0.220 e. The molecule has 0 aliphatic carbocycles. The summed E-state index contributed by atoms with van der Waals surface area (Å²) in [5.41, 5.74) is 7.84. The van der Waals surface area contributed by atoms with Crippen LogP contribution in [0.3, 0.4) is 0 Å². The van der Waals surface area contributed by atoms with E-state index < -0.39 is 0 Å². The van der Waals surface area contributed by atoms with E-state index in [1.165, 1.54) is 10.9 Å². The minimum Gasteiger partial charge on any atom is -0.481 e. The van der Waals surface area contributed by atoms with E-state index in [0.717, 1.165) is 52.8 Å². The lowest BCUT2D eigenvalue weighted by atomic mass is 9.99. The first-order valence-electron chi connectivity index (χ1n) is 16.1. The Labute approximate surface area is 291 Å². The molecule has 1 aliphatic rings. The lowest BCUT2D eigenvalue weighted by molar-refractivity contribution is -0.119. The number of carbonyl (C=O) groups excluding carboxylic acids is 1. The van der Waals surface area contributed by atoms with Gasteiger partial charge in [0.2, 0.25) is 11.8 Å². The van der Waals surface area contributed by atoms with Crippen LogP contribution in [0.2, 0.25) is 10.0 Å². The van der Waals surface area contributed by atoms with Gasteiger partial charge in [-0.15, -0.1) is 0 Å². The first kappa shape index (κ1) is 33.9. The topological polar surface area (TPSA) is 102 Å². The molecule has 3 N–H and O–H groups in total. The number of nitrogens with zero attached hydrogens (tertiary/aromatic N) is 3. The van der Waals surface area contributed by atoms with Crippen LogP contribution >= 0.6 is 23.2 Å². The number of amides is 1. The third-order valence-corrected chi connectivity index (χ3v) is 9.66. The van der Waals surface area contributed by atoms with Gasteiger partial charge in [0, 0.05) is 104 Å². The highest BCUT2D eigenvalue weighted by Gasteiger charge is 2.21. The maximum atomic E-state index is 11.5. The Balaban J connectivity index is 1.25. The summed E-state index contributed by atoms with van der Waals surface area (Å²) in [5, 5.41) is 12.1. The number of halogens is 2. The van der Waals surface area contributed by atoms with Crippen LogP contribution in [-0.2, 0) is 29.7 Å². The molecular formula is C37H40Cl2N6O3. The predicted molar refractivity (Wildman–Crippen MR) is 192 cm³/mol. The quantitative estimate of drug-likeness (QED) is 0.126. The number of aromatic nitrogens is 3. The summed E-state index contributed by atoms with van der Waals surface area (Å²) in [4.78, 5) is 21.0. The number of methoxy groups -OCH3 is 2. The molecule has 2 unspecified atom stereocenters. The Morgan fingerprint density at radius 3 is 2.56 bits per heavy atom. The molecule has 0 saturated carbocycles. The molecule has 0 radical (unpaired) electrons. The summed E-state index contributed by atoms with van der Waals surface area (Å²) in [5.74, 6) is 0.620. The number of rotatable bonds is 13. The van der Waals surface area contributed by atoms with Crippen molar-refractivity contribution in [3.05, 3.63) is 88.2 Å². The maximum absolute atomic E-state index is 11.5. The lowest BCUT2D eigenvalue weighted by Crippen LogP contribution is -2.35. The average molecular weight is 688 g/mol. The van der Waals surface area contributed by atoms with E-state index in [2.05, 4.69) is 49.9 Å². The monoisotopic (exact) mass is 686 g/mol. The fourth-order valence-corrected chi connectivity index (χ4v) is 6.83. The zero-order valence-electron chi connectivity index (χ0n) is 27.6. The molecule has 1 amide bonds. The number of ether oxygens (including phenoxy) is 2. The highest BCUT2D eigenvalue weighted by atomic mass is 35.5. The first-order valence-corrected chi connectivity index (χ1v) is 16.8. The van der Waals surface area contributed by atoms with E-state index >= 15 is 0 Å². The molecule has 9 nitrogen and oxygen atoms in total. The molecule has 250 valence electrons. The van der Waals surface area contributed by atoms with Crippen molar-refractivity contribution in [1.82, 2.24) is 30.5 Å². The Morgan fingerprint density at radius 1 is 1.00 bits per heavy atom. The molecule has 48 heavy (non-hydrogen) atoms. The van der Waals surface area contributed by atoms with Crippen LogP contribution in [0.5, 0.6) is 5.88 Å². The van der Waals surface area contributed by atoms with Gasteiger partial charge in [-0.1, -0.05) is 59.6 Å². The van der Waals surface area contributed by atoms with Crippen LogP contribution in [0, 0.1) is 0 Å². The van der Waals surface area contributed by atoms with Crippen molar-refractivity contribution in [2.45, 2.75) is 45.0 Å². The summed E-state index contributed by atoms with van der Waals surface area (Å²) >= 11 is 14.2. The molecule has 6 rings (SSSR count). The van der Waals surface area contributed by atoms with Gasteiger partial charge in [-0.3, -0.25) is 9.78 Å². The molecule has 11 heteroatoms. The number of hydrogen-bond donors (Lipinski definition) is 3. The largest absolute Gasteiger partial charge is 0.481 e. The van der Waals surface area contributed by atoms with Gasteiger partial charge in [0.05, 0.1) is 34.6 Å². The Kier molecular flexibility index (Phi) is 10.6. The summed E-state index contributed by atoms with van der Waals surface area (Å²) in [6, 6.07) is 18.1. The lowest BCUT2D eigenvalue weighted by Gasteiger charge is -2.15. The Morgan fingerprint density at radius 2 is 1.79 bits per heavy atom. The Hall–Kier alpha value is -3.99. The normalized spacial score (nSPS) is 15.2. The average Bonchev–Trinajstić information content (AvgIpc) is 3.66. The number of pyridine rings is 2. The molecule has 2 atom stereocenters. The van der Waals surface area contributed by atoms with Crippen molar-refractivity contribution in [3.8, 4) is 39.5 Å². The fourth-order valence-electron chi connectivity index (χ4n) is 6.18. The standard InChI is InChI=1S/C37H40Cl2N6O3/c1-22(47-3)17-40-19-25-21-45(2)32-16-23(8-11-27(25)32)36-35(39)29(14-15-42-36)28-6-5-7-30(34(28)38)31-12-9-24(37(44-31)48-4)18-41-20-26-10-13-33(46)43-26/h5-9,11-12,14-16,21-22,26,40-41H,10,13,17-20H2,1-4H3,(H,43,46). The fraction of sp³-hybridized carbons (Fsp3) is 0.324. The minimum absolute atomic E-state index is 0.105. The van der Waals surface area contributed by atoms with E-state index in [4.69, 9.17) is 37.7 Å². The van der Waals surface area contributed by atoms with Gasteiger partial charge >= 0.3 is 0 Å². The maximum Gasteiger partial charge on any atom is 0.220 e. The first-order chi connectivity index (χ1) is 23.3. The molecule has 2 aromatic carbocycles. The zero-order chi connectivity index (χ0) is 33.8. The van der Waals surface area contributed by atoms with Crippen molar-refractivity contribution in [2.75, 3.05) is 27.3 Å². The molecular weight excluding hydrogens is 647 g/mol. The van der Waals surface area contributed by atoms with Crippen molar-refractivity contribution in [1.29, 1.82) is 0 Å². The van der Waals surface area contributed by atoms with Crippen molar-refractivity contribution >= 4 is 40.0 Å². The molecule has 1 aliphatic heterocycles. The summed E-state index contributed by atoms with van der Waals surface area (Å²) in [6.45, 7) is 4.81. The van der Waals surface area contributed by atoms with Crippen LogP contribution in [0.25, 0.3) is 44.5 Å². The second kappa shape index (κ2) is 15.1. The number of benzene rings is 2. The van der Waals surface area contributed by atoms with E-state index in [1.54, 1.807) is 20.4 Å². The van der Waals surface area contributed by atoms with Gasteiger partial charge in [0.25, 0.3) is 0 Å². The number of hydrogen-bond acceptors (Lipinski definition) is 7. The summed E-state index contributed by atoms with van der Waals surface area (Å²) in [7, 11) is 5.38. The van der Waals surface area contributed by atoms with E-state index in [0.29, 0.717) is 46.8 Å². The van der Waals surface area contributed by atoms with E-state index in [-0.39, 0.29) is 18.1 Å². The predicted octanol–water partition coefficient (Wildman–Crippen LogP) is 6.78. The highest BCUT2D eigenvalue weighted by molar-refractivity contribution is 6.39. The number of fused-ring (bicyclic) bond motifs is 1. The number of carbonyl (C=O) groups is 1. The van der Waals surface area contributed by atoms with Crippen molar-refractivity contribution < 1.29 is 14.3 Å². The molecule has 0 bridgehead atoms. The molecule has 4 heterocycles. The van der Waals surface area contributed by atoms with Crippen molar-refractivity contribution in [2.24, 2.45) is 7.05 Å². The van der Waals surface area contributed by atoms with E-state index in [1.807, 2.05) is 50.4 Å². The van der Waals surface area contributed by atoms with Crippen LogP contribution < -0.4 is 20.7 Å². The molecule has 1 saturated heterocycles.